The van der Waals surface area contributed by atoms with Gasteiger partial charge in [-0.1, -0.05) is 0 Å². The van der Waals surface area contributed by atoms with Crippen LogP contribution in [-0.4, -0.2) is 51.4 Å². The highest BCUT2D eigenvalue weighted by atomic mass is 16.6. The van der Waals surface area contributed by atoms with Gasteiger partial charge in [-0.2, -0.15) is 0 Å². The molecule has 1 aliphatic rings. The van der Waals surface area contributed by atoms with Gasteiger partial charge >= 0.3 is 0 Å². The zero-order valence-corrected chi connectivity index (χ0v) is 7.88. The minimum atomic E-state index is 0.430. The van der Waals surface area contributed by atoms with E-state index < -0.39 is 0 Å². The van der Waals surface area contributed by atoms with Crippen molar-refractivity contribution in [2.45, 2.75) is 12.5 Å². The van der Waals surface area contributed by atoms with E-state index in [-0.39, 0.29) is 0 Å². The number of methoxy groups -OCH3 is 1. The first-order valence-corrected chi connectivity index (χ1v) is 4.40. The van der Waals surface area contributed by atoms with Gasteiger partial charge in [-0.3, -0.25) is 4.90 Å². The Bertz CT molecular complexity index is 122. The summed E-state index contributed by atoms with van der Waals surface area (Å²) >= 11 is 0. The maximum absolute atomic E-state index is 5.25. The zero-order valence-electron chi connectivity index (χ0n) is 7.88. The molecule has 0 spiro atoms. The molecule has 0 aromatic carbocycles. The molecule has 1 atom stereocenters. The van der Waals surface area contributed by atoms with Crippen molar-refractivity contribution in [3.8, 4) is 0 Å². The number of nitrogens with zero attached hydrogens (tertiary/aromatic N) is 1. The summed E-state index contributed by atoms with van der Waals surface area (Å²) in [6.07, 6.45) is 1.58. The highest BCUT2D eigenvalue weighted by Crippen LogP contribution is 2.10. The summed E-state index contributed by atoms with van der Waals surface area (Å²) in [6.45, 7) is 3.91. The van der Waals surface area contributed by atoms with E-state index in [0.717, 1.165) is 32.7 Å². The number of hydrogen-bond acceptors (Lipinski definition) is 4. The lowest BCUT2D eigenvalue weighted by atomic mass is 10.3. The monoisotopic (exact) mass is 174 g/mol. The number of rotatable bonds is 5. The lowest BCUT2D eigenvalue weighted by molar-refractivity contribution is 0.0402. The molecule has 1 rings (SSSR count). The molecule has 0 saturated carbocycles. The summed E-state index contributed by atoms with van der Waals surface area (Å²) in [4.78, 5) is 7.38. The molecule has 4 heteroatoms. The van der Waals surface area contributed by atoms with Crippen molar-refractivity contribution in [2.24, 2.45) is 0 Å². The maximum Gasteiger partial charge on any atom is 0.0809 e. The SMILES string of the molecule is CNOCCN1CCC(OC)C1. The number of ether oxygens (including phenoxy) is 1. The van der Waals surface area contributed by atoms with Gasteiger partial charge in [0, 0.05) is 33.8 Å². The van der Waals surface area contributed by atoms with E-state index >= 15 is 0 Å². The van der Waals surface area contributed by atoms with E-state index in [1.54, 1.807) is 14.2 Å². The summed E-state index contributed by atoms with van der Waals surface area (Å²) in [6, 6.07) is 0. The highest BCUT2D eigenvalue weighted by Gasteiger charge is 2.20. The molecule has 1 fully saturated rings. The molecule has 0 amide bonds. The van der Waals surface area contributed by atoms with Crippen molar-refractivity contribution in [1.82, 2.24) is 10.4 Å². The lowest BCUT2D eigenvalue weighted by Gasteiger charge is -2.14. The molecule has 72 valence electrons. The van der Waals surface area contributed by atoms with E-state index in [1.807, 2.05) is 0 Å². The molecular formula is C8H18N2O2. The Labute approximate surface area is 73.8 Å². The van der Waals surface area contributed by atoms with E-state index in [0.29, 0.717) is 6.10 Å². The van der Waals surface area contributed by atoms with Gasteiger partial charge in [0.05, 0.1) is 12.7 Å². The van der Waals surface area contributed by atoms with Gasteiger partial charge in [-0.25, -0.2) is 5.48 Å². The third-order valence-electron chi connectivity index (χ3n) is 2.22. The summed E-state index contributed by atoms with van der Waals surface area (Å²) in [5.41, 5.74) is 2.66. The maximum atomic E-state index is 5.25. The summed E-state index contributed by atoms with van der Waals surface area (Å²) in [5, 5.41) is 0. The van der Waals surface area contributed by atoms with Gasteiger partial charge < -0.3 is 9.57 Å². The molecule has 4 nitrogen and oxygen atoms in total. The second-order valence-electron chi connectivity index (χ2n) is 3.00. The van der Waals surface area contributed by atoms with Crippen LogP contribution in [0, 0.1) is 0 Å². The number of hydrogen-bond donors (Lipinski definition) is 1. The average molecular weight is 174 g/mol. The third kappa shape index (κ3) is 3.06. The first kappa shape index (κ1) is 9.92. The molecule has 1 aliphatic heterocycles. The second kappa shape index (κ2) is 5.48. The van der Waals surface area contributed by atoms with Crippen LogP contribution in [0.2, 0.25) is 0 Å². The van der Waals surface area contributed by atoms with Crippen LogP contribution in [0.4, 0.5) is 0 Å². The van der Waals surface area contributed by atoms with E-state index in [2.05, 4.69) is 10.4 Å². The second-order valence-corrected chi connectivity index (χ2v) is 3.00. The van der Waals surface area contributed by atoms with Crippen molar-refractivity contribution < 1.29 is 9.57 Å². The van der Waals surface area contributed by atoms with Crippen molar-refractivity contribution >= 4 is 0 Å². The van der Waals surface area contributed by atoms with Crippen molar-refractivity contribution in [1.29, 1.82) is 0 Å². The van der Waals surface area contributed by atoms with Crippen LogP contribution in [0.3, 0.4) is 0 Å². The third-order valence-corrected chi connectivity index (χ3v) is 2.22. The minimum absolute atomic E-state index is 0.430. The van der Waals surface area contributed by atoms with Crippen LogP contribution < -0.4 is 5.48 Å². The molecule has 0 radical (unpaired) electrons. The first-order valence-electron chi connectivity index (χ1n) is 4.40. The number of nitrogens with one attached hydrogen (secondary N) is 1. The topological polar surface area (TPSA) is 33.7 Å². The van der Waals surface area contributed by atoms with E-state index in [1.165, 1.54) is 0 Å². The van der Waals surface area contributed by atoms with Gasteiger partial charge in [-0.15, -0.1) is 0 Å². The lowest BCUT2D eigenvalue weighted by Crippen LogP contribution is -2.28. The molecule has 0 aliphatic carbocycles. The molecular weight excluding hydrogens is 156 g/mol. The molecule has 0 aromatic heterocycles. The van der Waals surface area contributed by atoms with Crippen LogP contribution in [0.15, 0.2) is 0 Å². The highest BCUT2D eigenvalue weighted by molar-refractivity contribution is 4.74. The Kier molecular flexibility index (Phi) is 4.53. The standard InChI is InChI=1S/C8H18N2O2/c1-9-12-6-5-10-4-3-8(7-10)11-2/h8-9H,3-7H2,1-2H3. The van der Waals surface area contributed by atoms with Gasteiger partial charge in [0.2, 0.25) is 0 Å². The zero-order chi connectivity index (χ0) is 8.81. The van der Waals surface area contributed by atoms with E-state index in [9.17, 15) is 0 Å². The minimum Gasteiger partial charge on any atom is -0.380 e. The Balaban J connectivity index is 2.03. The average Bonchev–Trinajstić information content (AvgIpc) is 2.53. The summed E-state index contributed by atoms with van der Waals surface area (Å²) < 4.78 is 5.25. The molecule has 1 heterocycles. The normalized spacial score (nSPS) is 25.0. The van der Waals surface area contributed by atoms with Gasteiger partial charge in [0.1, 0.15) is 0 Å². The van der Waals surface area contributed by atoms with Crippen LogP contribution in [0.1, 0.15) is 6.42 Å². The molecule has 12 heavy (non-hydrogen) atoms. The fourth-order valence-electron chi connectivity index (χ4n) is 1.47. The smallest absolute Gasteiger partial charge is 0.0809 e. The van der Waals surface area contributed by atoms with Crippen LogP contribution in [-0.2, 0) is 9.57 Å². The van der Waals surface area contributed by atoms with Crippen LogP contribution >= 0.6 is 0 Å². The van der Waals surface area contributed by atoms with Crippen molar-refractivity contribution in [3.05, 3.63) is 0 Å². The number of likely N-dealkylation sites (tertiary alicyclic amines) is 1. The summed E-state index contributed by atoms with van der Waals surface area (Å²) in [7, 11) is 3.56. The van der Waals surface area contributed by atoms with Crippen molar-refractivity contribution in [2.75, 3.05) is 40.4 Å². The van der Waals surface area contributed by atoms with Gasteiger partial charge in [0.15, 0.2) is 0 Å². The predicted octanol–water partition coefficient (Wildman–Crippen LogP) is -0.142. The Morgan fingerprint density at radius 3 is 3.00 bits per heavy atom. The molecule has 1 saturated heterocycles. The Morgan fingerprint density at radius 1 is 1.58 bits per heavy atom. The Morgan fingerprint density at radius 2 is 2.42 bits per heavy atom. The summed E-state index contributed by atoms with van der Waals surface area (Å²) in [5.74, 6) is 0. The molecule has 0 bridgehead atoms. The van der Waals surface area contributed by atoms with E-state index in [4.69, 9.17) is 9.57 Å². The molecule has 0 aromatic rings. The molecule has 1 N–H and O–H groups in total. The van der Waals surface area contributed by atoms with Gasteiger partial charge in [-0.05, 0) is 6.42 Å². The fraction of sp³-hybridized carbons (Fsp3) is 1.00. The molecule has 1 unspecified atom stereocenters. The largest absolute Gasteiger partial charge is 0.380 e. The Hall–Kier alpha value is -0.160. The van der Waals surface area contributed by atoms with Crippen LogP contribution in [0.5, 0.6) is 0 Å². The number of hydroxylamine groups is 1. The predicted molar refractivity (Wildman–Crippen MR) is 46.9 cm³/mol. The van der Waals surface area contributed by atoms with Crippen LogP contribution in [0.25, 0.3) is 0 Å². The van der Waals surface area contributed by atoms with Gasteiger partial charge in [0.25, 0.3) is 0 Å². The van der Waals surface area contributed by atoms with Crippen molar-refractivity contribution in [3.63, 3.8) is 0 Å². The quantitative estimate of drug-likeness (QED) is 0.464. The first-order chi connectivity index (χ1) is 5.86. The fourth-order valence-corrected chi connectivity index (χ4v) is 1.47.